The standard InChI is InChI=1S/C9H7NO3/c10-4-3-6-1-2-7(11)5-8(6)9(12)13/h1-2,5,11H,3H2,(H,12,13). The van der Waals surface area contributed by atoms with Crippen LogP contribution < -0.4 is 0 Å². The van der Waals surface area contributed by atoms with Crippen LogP contribution in [0.2, 0.25) is 0 Å². The van der Waals surface area contributed by atoms with Gasteiger partial charge in [-0.15, -0.1) is 0 Å². The smallest absolute Gasteiger partial charge is 0.336 e. The molecule has 0 spiro atoms. The summed E-state index contributed by atoms with van der Waals surface area (Å²) in [5.74, 6) is -1.25. The first-order valence-electron chi connectivity index (χ1n) is 3.57. The zero-order valence-corrected chi connectivity index (χ0v) is 6.69. The molecule has 1 aromatic carbocycles. The Bertz CT molecular complexity index is 379. The van der Waals surface area contributed by atoms with Gasteiger partial charge in [0.2, 0.25) is 0 Å². The van der Waals surface area contributed by atoms with Crippen molar-refractivity contribution in [3.05, 3.63) is 29.3 Å². The number of hydrogen-bond donors (Lipinski definition) is 2. The molecule has 2 N–H and O–H groups in total. The quantitative estimate of drug-likeness (QED) is 0.710. The highest BCUT2D eigenvalue weighted by atomic mass is 16.4. The molecule has 4 nitrogen and oxygen atoms in total. The topological polar surface area (TPSA) is 81.3 Å². The van der Waals surface area contributed by atoms with Gasteiger partial charge in [-0.25, -0.2) is 4.79 Å². The van der Waals surface area contributed by atoms with Crippen LogP contribution in [0, 0.1) is 11.3 Å². The fourth-order valence-electron chi connectivity index (χ4n) is 1.00. The maximum absolute atomic E-state index is 10.6. The van der Waals surface area contributed by atoms with E-state index >= 15 is 0 Å². The van der Waals surface area contributed by atoms with E-state index in [1.807, 2.05) is 6.07 Å². The number of nitriles is 1. The molecule has 1 aromatic rings. The number of carbonyl (C=O) groups is 1. The van der Waals surface area contributed by atoms with Crippen molar-refractivity contribution in [1.29, 1.82) is 5.26 Å². The van der Waals surface area contributed by atoms with Gasteiger partial charge >= 0.3 is 5.97 Å². The summed E-state index contributed by atoms with van der Waals surface area (Å²) in [5.41, 5.74) is 0.384. The summed E-state index contributed by atoms with van der Waals surface area (Å²) in [7, 11) is 0. The molecule has 0 bridgehead atoms. The zero-order chi connectivity index (χ0) is 9.84. The molecule has 0 aromatic heterocycles. The Morgan fingerprint density at radius 1 is 1.54 bits per heavy atom. The van der Waals surface area contributed by atoms with Gasteiger partial charge in [0, 0.05) is 0 Å². The summed E-state index contributed by atoms with van der Waals surface area (Å²) in [6.45, 7) is 0. The number of benzene rings is 1. The number of hydrogen-bond acceptors (Lipinski definition) is 3. The minimum atomic E-state index is -1.14. The summed E-state index contributed by atoms with van der Waals surface area (Å²) in [5, 5.41) is 26.1. The predicted molar refractivity (Wildman–Crippen MR) is 44.4 cm³/mol. The number of nitrogens with zero attached hydrogens (tertiary/aromatic N) is 1. The summed E-state index contributed by atoms with van der Waals surface area (Å²) in [6, 6.07) is 5.78. The van der Waals surface area contributed by atoms with Crippen LogP contribution in [-0.4, -0.2) is 16.2 Å². The summed E-state index contributed by atoms with van der Waals surface area (Å²) < 4.78 is 0. The van der Waals surface area contributed by atoms with Gasteiger partial charge in [0.05, 0.1) is 18.1 Å². The van der Waals surface area contributed by atoms with E-state index in [-0.39, 0.29) is 17.7 Å². The number of aromatic carboxylic acids is 1. The molecule has 4 heteroatoms. The van der Waals surface area contributed by atoms with E-state index in [4.69, 9.17) is 15.5 Å². The third-order valence-electron chi connectivity index (χ3n) is 1.59. The second-order valence-electron chi connectivity index (χ2n) is 2.48. The predicted octanol–water partition coefficient (Wildman–Crippen LogP) is 1.16. The molecule has 1 rings (SSSR count). The van der Waals surface area contributed by atoms with Crippen LogP contribution >= 0.6 is 0 Å². The highest BCUT2D eigenvalue weighted by molar-refractivity contribution is 5.90. The fourth-order valence-corrected chi connectivity index (χ4v) is 1.00. The molecule has 0 saturated carbocycles. The van der Waals surface area contributed by atoms with Crippen molar-refractivity contribution in [3.8, 4) is 11.8 Å². The van der Waals surface area contributed by atoms with Crippen LogP contribution in [0.4, 0.5) is 0 Å². The third-order valence-corrected chi connectivity index (χ3v) is 1.59. The van der Waals surface area contributed by atoms with Crippen molar-refractivity contribution in [2.45, 2.75) is 6.42 Å². The van der Waals surface area contributed by atoms with Gasteiger partial charge in [0.15, 0.2) is 0 Å². The Labute approximate surface area is 74.7 Å². The van der Waals surface area contributed by atoms with Crippen LogP contribution in [0.15, 0.2) is 18.2 Å². The molecule has 0 saturated heterocycles. The second-order valence-corrected chi connectivity index (χ2v) is 2.48. The minimum Gasteiger partial charge on any atom is -0.508 e. The van der Waals surface area contributed by atoms with Gasteiger partial charge < -0.3 is 10.2 Å². The van der Waals surface area contributed by atoms with Crippen molar-refractivity contribution in [3.63, 3.8) is 0 Å². The molecule has 13 heavy (non-hydrogen) atoms. The highest BCUT2D eigenvalue weighted by Crippen LogP contribution is 2.16. The number of phenolic OH excluding ortho intramolecular Hbond substituents is 1. The molecule has 0 heterocycles. The normalized spacial score (nSPS) is 9.15. The van der Waals surface area contributed by atoms with E-state index in [0.717, 1.165) is 6.07 Å². The Morgan fingerprint density at radius 3 is 2.77 bits per heavy atom. The van der Waals surface area contributed by atoms with Gasteiger partial charge in [-0.1, -0.05) is 6.07 Å². The molecular formula is C9H7NO3. The third kappa shape index (κ3) is 1.97. The molecule has 0 atom stereocenters. The van der Waals surface area contributed by atoms with Crippen LogP contribution in [0.25, 0.3) is 0 Å². The van der Waals surface area contributed by atoms with Gasteiger partial charge in [0.25, 0.3) is 0 Å². The van der Waals surface area contributed by atoms with Gasteiger partial charge in [-0.3, -0.25) is 0 Å². The molecule has 0 fully saturated rings. The van der Waals surface area contributed by atoms with Crippen molar-refractivity contribution in [1.82, 2.24) is 0 Å². The van der Waals surface area contributed by atoms with E-state index in [1.165, 1.54) is 12.1 Å². The highest BCUT2D eigenvalue weighted by Gasteiger charge is 2.09. The first kappa shape index (κ1) is 9.07. The van der Waals surface area contributed by atoms with Gasteiger partial charge in [-0.05, 0) is 17.7 Å². The SMILES string of the molecule is N#CCc1ccc(O)cc1C(=O)O. The maximum atomic E-state index is 10.6. The first-order valence-corrected chi connectivity index (χ1v) is 3.57. The van der Waals surface area contributed by atoms with Crippen LogP contribution in [0.3, 0.4) is 0 Å². The molecular weight excluding hydrogens is 170 g/mol. The Morgan fingerprint density at radius 2 is 2.23 bits per heavy atom. The number of carboxylic acid groups (broad SMARTS) is 1. The summed E-state index contributed by atoms with van der Waals surface area (Å²) in [6.07, 6.45) is 0.0297. The molecule has 0 aliphatic carbocycles. The van der Waals surface area contributed by atoms with E-state index in [1.54, 1.807) is 0 Å². The van der Waals surface area contributed by atoms with E-state index in [0.29, 0.717) is 5.56 Å². The molecule has 0 unspecified atom stereocenters. The zero-order valence-electron chi connectivity index (χ0n) is 6.69. The average molecular weight is 177 g/mol. The molecule has 0 radical (unpaired) electrons. The lowest BCUT2D eigenvalue weighted by atomic mass is 10.1. The second kappa shape index (κ2) is 3.59. The van der Waals surface area contributed by atoms with Crippen molar-refractivity contribution in [2.24, 2.45) is 0 Å². The number of aromatic hydroxyl groups is 1. The van der Waals surface area contributed by atoms with E-state index in [9.17, 15) is 4.79 Å². The molecule has 0 amide bonds. The maximum Gasteiger partial charge on any atom is 0.336 e. The van der Waals surface area contributed by atoms with E-state index < -0.39 is 5.97 Å². The van der Waals surface area contributed by atoms with Crippen molar-refractivity contribution < 1.29 is 15.0 Å². The van der Waals surface area contributed by atoms with Crippen LogP contribution in [0.1, 0.15) is 15.9 Å². The number of rotatable bonds is 2. The van der Waals surface area contributed by atoms with Crippen LogP contribution in [0.5, 0.6) is 5.75 Å². The van der Waals surface area contributed by atoms with Gasteiger partial charge in [0.1, 0.15) is 5.75 Å². The number of phenols is 1. The monoisotopic (exact) mass is 177 g/mol. The molecule has 0 aliphatic rings. The number of carboxylic acids is 1. The summed E-state index contributed by atoms with van der Waals surface area (Å²) in [4.78, 5) is 10.6. The largest absolute Gasteiger partial charge is 0.508 e. The fraction of sp³-hybridized carbons (Fsp3) is 0.111. The summed E-state index contributed by atoms with van der Waals surface area (Å²) >= 11 is 0. The van der Waals surface area contributed by atoms with Crippen molar-refractivity contribution in [2.75, 3.05) is 0 Å². The molecule has 66 valence electrons. The lowest BCUT2D eigenvalue weighted by Crippen LogP contribution is -2.01. The average Bonchev–Trinajstić information content (AvgIpc) is 2.08. The Balaban J connectivity index is 3.20. The lowest BCUT2D eigenvalue weighted by Gasteiger charge is -2.01. The Hall–Kier alpha value is -2.02. The van der Waals surface area contributed by atoms with Gasteiger partial charge in [-0.2, -0.15) is 5.26 Å². The van der Waals surface area contributed by atoms with Crippen LogP contribution in [-0.2, 0) is 6.42 Å². The molecule has 0 aliphatic heterocycles. The lowest BCUT2D eigenvalue weighted by molar-refractivity contribution is 0.0695. The Kier molecular flexibility index (Phi) is 2.50. The first-order chi connectivity index (χ1) is 6.15. The van der Waals surface area contributed by atoms with E-state index in [2.05, 4.69) is 0 Å². The minimum absolute atomic E-state index is 0.0263. The van der Waals surface area contributed by atoms with Crippen molar-refractivity contribution >= 4 is 5.97 Å².